The van der Waals surface area contributed by atoms with Crippen LogP contribution in [-0.2, 0) is 6.61 Å². The largest absolute Gasteiger partial charge is 0.473 e. The minimum atomic E-state index is -0.235. The van der Waals surface area contributed by atoms with E-state index in [0.717, 1.165) is 35.2 Å². The van der Waals surface area contributed by atoms with Gasteiger partial charge in [-0.15, -0.1) is 0 Å². The molecule has 0 atom stereocenters. The van der Waals surface area contributed by atoms with Crippen LogP contribution < -0.4 is 10.1 Å². The number of rotatable bonds is 4. The SMILES string of the molecule is Fc1cc(I)ccc1COc1cccc(C2CCNCC2)n1. The molecule has 3 nitrogen and oxygen atoms in total. The molecule has 0 spiro atoms. The highest BCUT2D eigenvalue weighted by atomic mass is 127. The van der Waals surface area contributed by atoms with Gasteiger partial charge in [-0.1, -0.05) is 12.1 Å². The monoisotopic (exact) mass is 412 g/mol. The lowest BCUT2D eigenvalue weighted by Crippen LogP contribution is -2.27. The highest BCUT2D eigenvalue weighted by Crippen LogP contribution is 2.25. The lowest BCUT2D eigenvalue weighted by molar-refractivity contribution is 0.286. The molecular formula is C17H18FIN2O. The standard InChI is InChI=1S/C17H18FIN2O/c18-15-10-14(19)5-4-13(15)11-22-17-3-1-2-16(21-17)12-6-8-20-9-7-12/h1-5,10,12,20H,6-9,11H2. The van der Waals surface area contributed by atoms with Crippen molar-refractivity contribution in [2.24, 2.45) is 0 Å². The molecule has 1 aromatic heterocycles. The number of halogens is 2. The molecule has 2 heterocycles. The summed E-state index contributed by atoms with van der Waals surface area (Å²) in [6.07, 6.45) is 2.20. The van der Waals surface area contributed by atoms with Gasteiger partial charge in [0.05, 0.1) is 0 Å². The van der Waals surface area contributed by atoms with Crippen molar-refractivity contribution in [3.63, 3.8) is 0 Å². The molecule has 0 bridgehead atoms. The van der Waals surface area contributed by atoms with Gasteiger partial charge in [0.1, 0.15) is 12.4 Å². The first kappa shape index (κ1) is 15.7. The maximum atomic E-state index is 13.8. The number of pyridine rings is 1. The number of nitrogens with one attached hydrogen (secondary N) is 1. The molecule has 0 radical (unpaired) electrons. The van der Waals surface area contributed by atoms with Crippen LogP contribution in [0.4, 0.5) is 4.39 Å². The third-order valence-electron chi connectivity index (χ3n) is 3.89. The Morgan fingerprint density at radius 2 is 2.05 bits per heavy atom. The van der Waals surface area contributed by atoms with Crippen molar-refractivity contribution in [2.45, 2.75) is 25.4 Å². The van der Waals surface area contributed by atoms with Crippen LogP contribution in [0, 0.1) is 9.39 Å². The smallest absolute Gasteiger partial charge is 0.213 e. The van der Waals surface area contributed by atoms with Crippen LogP contribution in [0.3, 0.4) is 0 Å². The Bertz CT molecular complexity index is 644. The number of hydrogen-bond acceptors (Lipinski definition) is 3. The van der Waals surface area contributed by atoms with E-state index in [1.54, 1.807) is 6.07 Å². The lowest BCUT2D eigenvalue weighted by Gasteiger charge is -2.22. The highest BCUT2D eigenvalue weighted by molar-refractivity contribution is 14.1. The van der Waals surface area contributed by atoms with Crippen molar-refractivity contribution < 1.29 is 9.13 Å². The van der Waals surface area contributed by atoms with E-state index >= 15 is 0 Å². The van der Waals surface area contributed by atoms with E-state index in [1.165, 1.54) is 6.07 Å². The van der Waals surface area contributed by atoms with Crippen LogP contribution in [0.1, 0.15) is 30.0 Å². The molecule has 3 rings (SSSR count). The third kappa shape index (κ3) is 3.95. The van der Waals surface area contributed by atoms with Crippen LogP contribution >= 0.6 is 22.6 Å². The van der Waals surface area contributed by atoms with Crippen molar-refractivity contribution in [1.82, 2.24) is 10.3 Å². The molecule has 116 valence electrons. The predicted molar refractivity (Wildman–Crippen MR) is 92.5 cm³/mol. The van der Waals surface area contributed by atoms with Crippen molar-refractivity contribution in [3.05, 3.63) is 57.0 Å². The van der Waals surface area contributed by atoms with Gasteiger partial charge in [0.15, 0.2) is 0 Å². The molecule has 1 aromatic carbocycles. The number of nitrogens with zero attached hydrogens (tertiary/aromatic N) is 1. The number of ether oxygens (including phenoxy) is 1. The molecule has 22 heavy (non-hydrogen) atoms. The fourth-order valence-electron chi connectivity index (χ4n) is 2.65. The van der Waals surface area contributed by atoms with Crippen molar-refractivity contribution in [3.8, 4) is 5.88 Å². The topological polar surface area (TPSA) is 34.1 Å². The molecule has 1 aliphatic heterocycles. The van der Waals surface area contributed by atoms with Crippen LogP contribution in [0.15, 0.2) is 36.4 Å². The quantitative estimate of drug-likeness (QED) is 0.775. The summed E-state index contributed by atoms with van der Waals surface area (Å²) < 4.78 is 20.4. The number of benzene rings is 1. The van der Waals surface area contributed by atoms with Crippen molar-refractivity contribution in [1.29, 1.82) is 0 Å². The Hall–Kier alpha value is -1.21. The average molecular weight is 412 g/mol. The Kier molecular flexibility index (Phi) is 5.25. The zero-order valence-electron chi connectivity index (χ0n) is 12.2. The summed E-state index contributed by atoms with van der Waals surface area (Å²) in [5.74, 6) is 0.815. The van der Waals surface area contributed by atoms with Crippen LogP contribution in [0.5, 0.6) is 5.88 Å². The Morgan fingerprint density at radius 3 is 2.82 bits per heavy atom. The van der Waals surface area contributed by atoms with Gasteiger partial charge in [0, 0.05) is 26.8 Å². The zero-order valence-corrected chi connectivity index (χ0v) is 14.3. The van der Waals surface area contributed by atoms with Gasteiger partial charge in [0.25, 0.3) is 0 Å². The normalized spacial score (nSPS) is 15.7. The summed E-state index contributed by atoms with van der Waals surface area (Å²) in [6, 6.07) is 11.0. The van der Waals surface area contributed by atoms with E-state index < -0.39 is 0 Å². The molecule has 0 unspecified atom stereocenters. The van der Waals surface area contributed by atoms with E-state index in [9.17, 15) is 4.39 Å². The Balaban J connectivity index is 1.67. The molecule has 1 N–H and O–H groups in total. The maximum absolute atomic E-state index is 13.8. The summed E-state index contributed by atoms with van der Waals surface area (Å²) in [5.41, 5.74) is 1.62. The Labute approximate surface area is 143 Å². The van der Waals surface area contributed by atoms with E-state index in [-0.39, 0.29) is 12.4 Å². The molecule has 2 aromatic rings. The fourth-order valence-corrected chi connectivity index (χ4v) is 3.10. The van der Waals surface area contributed by atoms with Gasteiger partial charge in [-0.3, -0.25) is 0 Å². The molecule has 5 heteroatoms. The van der Waals surface area contributed by atoms with Gasteiger partial charge in [-0.05, 0) is 66.7 Å². The summed E-state index contributed by atoms with van der Waals surface area (Å²) in [7, 11) is 0. The molecule has 0 amide bonds. The van der Waals surface area contributed by atoms with Gasteiger partial charge in [0.2, 0.25) is 5.88 Å². The average Bonchev–Trinajstić information content (AvgIpc) is 2.55. The number of aromatic nitrogens is 1. The molecule has 1 aliphatic rings. The number of hydrogen-bond donors (Lipinski definition) is 1. The predicted octanol–water partition coefficient (Wildman–Crippen LogP) is 3.87. The van der Waals surface area contributed by atoms with E-state index in [4.69, 9.17) is 4.74 Å². The minimum absolute atomic E-state index is 0.200. The third-order valence-corrected chi connectivity index (χ3v) is 4.56. The molecule has 0 saturated carbocycles. The van der Waals surface area contributed by atoms with E-state index in [2.05, 4.69) is 32.9 Å². The first-order valence-electron chi connectivity index (χ1n) is 7.47. The molecular weight excluding hydrogens is 394 g/mol. The van der Waals surface area contributed by atoms with Gasteiger partial charge in [-0.2, -0.15) is 0 Å². The van der Waals surface area contributed by atoms with E-state index in [1.807, 2.05) is 24.3 Å². The molecule has 1 fully saturated rings. The zero-order chi connectivity index (χ0) is 15.4. The van der Waals surface area contributed by atoms with Gasteiger partial charge >= 0.3 is 0 Å². The lowest BCUT2D eigenvalue weighted by atomic mass is 9.94. The van der Waals surface area contributed by atoms with E-state index in [0.29, 0.717) is 17.4 Å². The van der Waals surface area contributed by atoms with Crippen molar-refractivity contribution in [2.75, 3.05) is 13.1 Å². The minimum Gasteiger partial charge on any atom is -0.473 e. The van der Waals surface area contributed by atoms with Gasteiger partial charge in [-0.25, -0.2) is 9.37 Å². The van der Waals surface area contributed by atoms with Crippen LogP contribution in [0.2, 0.25) is 0 Å². The second-order valence-electron chi connectivity index (χ2n) is 5.45. The Morgan fingerprint density at radius 1 is 1.23 bits per heavy atom. The fraction of sp³-hybridized carbons (Fsp3) is 0.353. The first-order chi connectivity index (χ1) is 10.7. The van der Waals surface area contributed by atoms with Gasteiger partial charge < -0.3 is 10.1 Å². The first-order valence-corrected chi connectivity index (χ1v) is 8.54. The van der Waals surface area contributed by atoms with Crippen LogP contribution in [-0.4, -0.2) is 18.1 Å². The maximum Gasteiger partial charge on any atom is 0.213 e. The molecule has 1 saturated heterocycles. The number of piperidine rings is 1. The van der Waals surface area contributed by atoms with Crippen molar-refractivity contribution >= 4 is 22.6 Å². The summed E-state index contributed by atoms with van der Waals surface area (Å²) in [6.45, 7) is 2.27. The van der Waals surface area contributed by atoms with Crippen LogP contribution in [0.25, 0.3) is 0 Å². The second kappa shape index (κ2) is 7.37. The molecule has 0 aliphatic carbocycles. The summed E-state index contributed by atoms with van der Waals surface area (Å²) in [4.78, 5) is 4.58. The summed E-state index contributed by atoms with van der Waals surface area (Å²) in [5, 5.41) is 3.36. The summed E-state index contributed by atoms with van der Waals surface area (Å²) >= 11 is 2.09. The second-order valence-corrected chi connectivity index (χ2v) is 6.70. The highest BCUT2D eigenvalue weighted by Gasteiger charge is 2.16.